The van der Waals surface area contributed by atoms with Gasteiger partial charge in [0.2, 0.25) is 0 Å². The van der Waals surface area contributed by atoms with E-state index >= 15 is 0 Å². The first-order chi connectivity index (χ1) is 13.8. The SMILES string of the molecule is Cc1ccc2c(C(=O)N(C)C[C@@H]3CCCN3C)cc(-c3cnn(C)c3)nc2c1C. The number of amides is 1. The molecule has 152 valence electrons. The minimum Gasteiger partial charge on any atom is -0.340 e. The maximum atomic E-state index is 13.5. The number of fused-ring (bicyclic) bond motifs is 1. The summed E-state index contributed by atoms with van der Waals surface area (Å²) in [5, 5.41) is 5.19. The first kappa shape index (κ1) is 19.6. The van der Waals surface area contributed by atoms with Crippen LogP contribution in [0.5, 0.6) is 0 Å². The molecule has 3 aromatic rings. The molecule has 0 spiro atoms. The van der Waals surface area contributed by atoms with Gasteiger partial charge in [-0.2, -0.15) is 5.10 Å². The molecule has 6 nitrogen and oxygen atoms in total. The number of aryl methyl sites for hydroxylation is 3. The highest BCUT2D eigenvalue weighted by molar-refractivity contribution is 6.07. The van der Waals surface area contributed by atoms with Gasteiger partial charge in [-0.3, -0.25) is 9.48 Å². The second-order valence-corrected chi connectivity index (χ2v) is 8.32. The van der Waals surface area contributed by atoms with Crippen LogP contribution in [0.1, 0.15) is 34.3 Å². The molecule has 1 aromatic carbocycles. The largest absolute Gasteiger partial charge is 0.340 e. The van der Waals surface area contributed by atoms with Crippen LogP contribution in [0, 0.1) is 13.8 Å². The minimum absolute atomic E-state index is 0.0473. The number of rotatable bonds is 4. The topological polar surface area (TPSA) is 54.3 Å². The molecule has 3 heterocycles. The summed E-state index contributed by atoms with van der Waals surface area (Å²) in [4.78, 5) is 22.6. The number of likely N-dealkylation sites (tertiary alicyclic amines) is 1. The van der Waals surface area contributed by atoms with Crippen LogP contribution in [0.2, 0.25) is 0 Å². The summed E-state index contributed by atoms with van der Waals surface area (Å²) in [7, 11) is 5.94. The standard InChI is InChI=1S/C23H29N5O/c1-15-8-9-19-20(23(29)27(4)14-18-7-6-10-26(18)3)11-21(25-22(19)16(15)2)17-12-24-28(5)13-17/h8-9,11-13,18H,6-7,10,14H2,1-5H3/t18-/m0/s1. The molecule has 6 heteroatoms. The third kappa shape index (κ3) is 3.65. The van der Waals surface area contributed by atoms with Crippen molar-refractivity contribution in [2.45, 2.75) is 32.7 Å². The lowest BCUT2D eigenvalue weighted by molar-refractivity contribution is 0.0763. The van der Waals surface area contributed by atoms with Crippen LogP contribution in [-0.2, 0) is 7.05 Å². The molecule has 0 bridgehead atoms. The monoisotopic (exact) mass is 391 g/mol. The molecule has 1 amide bonds. The normalized spacial score (nSPS) is 17.2. The Morgan fingerprint density at radius 2 is 2.07 bits per heavy atom. The van der Waals surface area contributed by atoms with Crippen molar-refractivity contribution >= 4 is 16.8 Å². The zero-order valence-corrected chi connectivity index (χ0v) is 17.9. The Morgan fingerprint density at radius 1 is 1.28 bits per heavy atom. The Bertz CT molecular complexity index is 1070. The number of hydrogen-bond donors (Lipinski definition) is 0. The van der Waals surface area contributed by atoms with E-state index in [1.807, 2.05) is 37.3 Å². The first-order valence-corrected chi connectivity index (χ1v) is 10.2. The van der Waals surface area contributed by atoms with Crippen LogP contribution in [0.3, 0.4) is 0 Å². The Labute approximate surface area is 172 Å². The Morgan fingerprint density at radius 3 is 2.72 bits per heavy atom. The van der Waals surface area contributed by atoms with Gasteiger partial charge in [-0.05, 0) is 57.5 Å². The fourth-order valence-electron chi connectivity index (χ4n) is 4.22. The number of likely N-dealkylation sites (N-methyl/N-ethyl adjacent to an activating group) is 2. The minimum atomic E-state index is 0.0473. The van der Waals surface area contributed by atoms with E-state index in [4.69, 9.17) is 4.98 Å². The smallest absolute Gasteiger partial charge is 0.254 e. The van der Waals surface area contributed by atoms with E-state index < -0.39 is 0 Å². The molecule has 1 saturated heterocycles. The van der Waals surface area contributed by atoms with Crippen LogP contribution in [0.15, 0.2) is 30.6 Å². The highest BCUT2D eigenvalue weighted by atomic mass is 16.2. The Balaban J connectivity index is 1.79. The van der Waals surface area contributed by atoms with Crippen molar-refractivity contribution in [2.75, 3.05) is 27.2 Å². The van der Waals surface area contributed by atoms with Crippen LogP contribution in [0.4, 0.5) is 0 Å². The lowest BCUT2D eigenvalue weighted by Gasteiger charge is -2.26. The van der Waals surface area contributed by atoms with Gasteiger partial charge < -0.3 is 9.80 Å². The van der Waals surface area contributed by atoms with Crippen molar-refractivity contribution in [1.82, 2.24) is 24.6 Å². The van der Waals surface area contributed by atoms with E-state index in [0.29, 0.717) is 11.6 Å². The number of carbonyl (C=O) groups is 1. The van der Waals surface area contributed by atoms with E-state index in [2.05, 4.69) is 37.0 Å². The van der Waals surface area contributed by atoms with Crippen LogP contribution < -0.4 is 0 Å². The van der Waals surface area contributed by atoms with E-state index in [1.165, 1.54) is 12.0 Å². The highest BCUT2D eigenvalue weighted by Gasteiger charge is 2.26. The predicted molar refractivity (Wildman–Crippen MR) is 116 cm³/mol. The Hall–Kier alpha value is -2.73. The molecule has 0 unspecified atom stereocenters. The molecular formula is C23H29N5O. The average Bonchev–Trinajstić information content (AvgIpc) is 3.32. The summed E-state index contributed by atoms with van der Waals surface area (Å²) in [5.41, 5.74) is 5.59. The zero-order chi connectivity index (χ0) is 20.7. The van der Waals surface area contributed by atoms with Gasteiger partial charge in [0.25, 0.3) is 5.91 Å². The summed E-state index contributed by atoms with van der Waals surface area (Å²) < 4.78 is 1.76. The van der Waals surface area contributed by atoms with Crippen molar-refractivity contribution < 1.29 is 4.79 Å². The average molecular weight is 392 g/mol. The fraction of sp³-hybridized carbons (Fsp3) is 0.435. The maximum Gasteiger partial charge on any atom is 0.254 e. The van der Waals surface area contributed by atoms with Gasteiger partial charge >= 0.3 is 0 Å². The first-order valence-electron chi connectivity index (χ1n) is 10.2. The number of pyridine rings is 1. The van der Waals surface area contributed by atoms with Crippen molar-refractivity contribution in [3.05, 3.63) is 47.3 Å². The summed E-state index contributed by atoms with van der Waals surface area (Å²) >= 11 is 0. The number of aromatic nitrogens is 3. The van der Waals surface area contributed by atoms with Crippen LogP contribution in [0.25, 0.3) is 22.2 Å². The molecule has 1 fully saturated rings. The quantitative estimate of drug-likeness (QED) is 0.684. The van der Waals surface area contributed by atoms with Gasteiger partial charge in [0.05, 0.1) is 23.0 Å². The van der Waals surface area contributed by atoms with Gasteiger partial charge in [-0.15, -0.1) is 0 Å². The van der Waals surface area contributed by atoms with Gasteiger partial charge in [0.15, 0.2) is 0 Å². The predicted octanol–water partition coefficient (Wildman–Crippen LogP) is 3.42. The second-order valence-electron chi connectivity index (χ2n) is 8.32. The molecule has 0 N–H and O–H groups in total. The number of benzene rings is 1. The van der Waals surface area contributed by atoms with Gasteiger partial charge in [0, 0.05) is 43.8 Å². The van der Waals surface area contributed by atoms with Crippen molar-refractivity contribution in [3.63, 3.8) is 0 Å². The highest BCUT2D eigenvalue weighted by Crippen LogP contribution is 2.29. The molecule has 1 aliphatic rings. The van der Waals surface area contributed by atoms with Crippen molar-refractivity contribution in [2.24, 2.45) is 7.05 Å². The number of nitrogens with zero attached hydrogens (tertiary/aromatic N) is 5. The maximum absolute atomic E-state index is 13.5. The second kappa shape index (κ2) is 7.59. The summed E-state index contributed by atoms with van der Waals surface area (Å²) in [6.07, 6.45) is 6.07. The molecule has 0 saturated carbocycles. The summed E-state index contributed by atoms with van der Waals surface area (Å²) in [6, 6.07) is 6.45. The van der Waals surface area contributed by atoms with E-state index in [-0.39, 0.29) is 5.91 Å². The summed E-state index contributed by atoms with van der Waals surface area (Å²) in [6.45, 7) is 6.00. The van der Waals surface area contributed by atoms with Crippen LogP contribution in [-0.4, -0.2) is 63.7 Å². The molecule has 1 atom stereocenters. The van der Waals surface area contributed by atoms with E-state index in [0.717, 1.165) is 47.2 Å². The molecule has 2 aromatic heterocycles. The molecule has 4 rings (SSSR count). The lowest BCUT2D eigenvalue weighted by atomic mass is 9.99. The van der Waals surface area contributed by atoms with E-state index in [9.17, 15) is 4.79 Å². The van der Waals surface area contributed by atoms with Gasteiger partial charge in [-0.25, -0.2) is 4.98 Å². The Kier molecular flexibility index (Phi) is 5.13. The number of carbonyl (C=O) groups excluding carboxylic acids is 1. The van der Waals surface area contributed by atoms with Crippen molar-refractivity contribution in [1.29, 1.82) is 0 Å². The third-order valence-corrected chi connectivity index (χ3v) is 6.24. The van der Waals surface area contributed by atoms with Gasteiger partial charge in [-0.1, -0.05) is 12.1 Å². The fourth-order valence-corrected chi connectivity index (χ4v) is 4.22. The summed E-state index contributed by atoms with van der Waals surface area (Å²) in [5.74, 6) is 0.0473. The zero-order valence-electron chi connectivity index (χ0n) is 17.9. The molecule has 29 heavy (non-hydrogen) atoms. The number of hydrogen-bond acceptors (Lipinski definition) is 4. The molecule has 1 aliphatic heterocycles. The molecule has 0 radical (unpaired) electrons. The van der Waals surface area contributed by atoms with Gasteiger partial charge in [0.1, 0.15) is 0 Å². The lowest BCUT2D eigenvalue weighted by Crippen LogP contribution is -2.39. The van der Waals surface area contributed by atoms with E-state index in [1.54, 1.807) is 10.9 Å². The van der Waals surface area contributed by atoms with Crippen molar-refractivity contribution in [3.8, 4) is 11.3 Å². The van der Waals surface area contributed by atoms with Crippen LogP contribution >= 0.6 is 0 Å². The third-order valence-electron chi connectivity index (χ3n) is 6.24. The molecule has 0 aliphatic carbocycles. The molecular weight excluding hydrogens is 362 g/mol.